The molecule has 100 valence electrons. The normalized spacial score (nSPS) is 16.3. The Morgan fingerprint density at radius 2 is 2.00 bits per heavy atom. The minimum Gasteiger partial charge on any atom is -0.338 e. The third-order valence-corrected chi connectivity index (χ3v) is 4.68. The first-order valence-corrected chi connectivity index (χ1v) is 6.97. The highest BCUT2D eigenvalue weighted by molar-refractivity contribution is 14.1. The molecule has 0 radical (unpaired) electrons. The molecule has 1 aliphatic rings. The Hall–Kier alpha value is -0.330. The summed E-state index contributed by atoms with van der Waals surface area (Å²) in [5.74, 6) is 0.144. The summed E-state index contributed by atoms with van der Waals surface area (Å²) in [5, 5.41) is 0. The lowest BCUT2D eigenvalue weighted by molar-refractivity contribution is 0.0713. The molecule has 1 aromatic carbocycles. The van der Waals surface area contributed by atoms with Crippen LogP contribution in [0.5, 0.6) is 0 Å². The molecule has 0 unspecified atom stereocenters. The molecule has 18 heavy (non-hydrogen) atoms. The van der Waals surface area contributed by atoms with Crippen molar-refractivity contribution in [3.63, 3.8) is 0 Å². The number of aryl methyl sites for hydroxylation is 1. The SMILES string of the molecule is Cc1cccc(C(=O)N2CCC(N)CC2)c1I.Cl. The van der Waals surface area contributed by atoms with Crippen LogP contribution in [0.25, 0.3) is 0 Å². The van der Waals surface area contributed by atoms with Gasteiger partial charge in [0.1, 0.15) is 0 Å². The number of nitrogens with two attached hydrogens (primary N) is 1. The molecule has 1 amide bonds. The first kappa shape index (κ1) is 15.7. The summed E-state index contributed by atoms with van der Waals surface area (Å²) in [4.78, 5) is 14.3. The van der Waals surface area contributed by atoms with Crippen LogP contribution in [-0.2, 0) is 0 Å². The number of benzene rings is 1. The molecule has 0 bridgehead atoms. The highest BCUT2D eigenvalue weighted by Gasteiger charge is 2.23. The summed E-state index contributed by atoms with van der Waals surface area (Å²) in [5.41, 5.74) is 7.83. The summed E-state index contributed by atoms with van der Waals surface area (Å²) >= 11 is 2.25. The minimum absolute atomic E-state index is 0. The zero-order chi connectivity index (χ0) is 12.4. The van der Waals surface area contributed by atoms with Gasteiger partial charge in [-0.25, -0.2) is 0 Å². The smallest absolute Gasteiger partial charge is 0.254 e. The van der Waals surface area contributed by atoms with Crippen LogP contribution in [0.2, 0.25) is 0 Å². The van der Waals surface area contributed by atoms with E-state index in [1.165, 1.54) is 0 Å². The Bertz CT molecular complexity index is 431. The van der Waals surface area contributed by atoms with E-state index in [4.69, 9.17) is 5.73 Å². The van der Waals surface area contributed by atoms with Gasteiger partial charge in [-0.15, -0.1) is 12.4 Å². The van der Waals surface area contributed by atoms with E-state index in [-0.39, 0.29) is 24.4 Å². The summed E-state index contributed by atoms with van der Waals surface area (Å²) in [7, 11) is 0. The molecule has 1 saturated heterocycles. The van der Waals surface area contributed by atoms with Gasteiger partial charge in [-0.05, 0) is 54.0 Å². The first-order valence-electron chi connectivity index (χ1n) is 5.89. The molecule has 5 heteroatoms. The minimum atomic E-state index is 0. The van der Waals surface area contributed by atoms with Gasteiger partial charge in [-0.1, -0.05) is 12.1 Å². The molecular formula is C13H18ClIN2O. The van der Waals surface area contributed by atoms with Gasteiger partial charge in [0.25, 0.3) is 5.91 Å². The zero-order valence-corrected chi connectivity index (χ0v) is 13.3. The molecule has 2 N–H and O–H groups in total. The number of nitrogens with zero attached hydrogens (tertiary/aromatic N) is 1. The summed E-state index contributed by atoms with van der Waals surface area (Å²) in [6, 6.07) is 6.15. The van der Waals surface area contributed by atoms with E-state index in [9.17, 15) is 4.79 Å². The number of amides is 1. The summed E-state index contributed by atoms with van der Waals surface area (Å²) in [6.45, 7) is 3.60. The average Bonchev–Trinajstić information content (AvgIpc) is 2.33. The van der Waals surface area contributed by atoms with Crippen LogP contribution in [0.4, 0.5) is 0 Å². The molecule has 3 nitrogen and oxygen atoms in total. The maximum Gasteiger partial charge on any atom is 0.254 e. The van der Waals surface area contributed by atoms with Crippen molar-refractivity contribution in [1.82, 2.24) is 4.90 Å². The lowest BCUT2D eigenvalue weighted by atomic mass is 10.0. The van der Waals surface area contributed by atoms with E-state index in [2.05, 4.69) is 22.6 Å². The quantitative estimate of drug-likeness (QED) is 0.761. The lowest BCUT2D eigenvalue weighted by Crippen LogP contribution is -2.43. The fraction of sp³-hybridized carbons (Fsp3) is 0.462. The van der Waals surface area contributed by atoms with Gasteiger partial charge in [0.15, 0.2) is 0 Å². The molecule has 1 aromatic rings. The fourth-order valence-corrected chi connectivity index (χ4v) is 2.68. The number of halogens is 2. The van der Waals surface area contributed by atoms with Gasteiger partial charge >= 0.3 is 0 Å². The van der Waals surface area contributed by atoms with Gasteiger partial charge in [-0.2, -0.15) is 0 Å². The van der Waals surface area contributed by atoms with Crippen molar-refractivity contribution >= 4 is 40.9 Å². The fourth-order valence-electron chi connectivity index (χ4n) is 2.09. The van der Waals surface area contributed by atoms with Crippen molar-refractivity contribution in [3.8, 4) is 0 Å². The number of hydrogen-bond acceptors (Lipinski definition) is 2. The Labute approximate surface area is 128 Å². The van der Waals surface area contributed by atoms with Crippen LogP contribution in [0.1, 0.15) is 28.8 Å². The van der Waals surface area contributed by atoms with Crippen LogP contribution < -0.4 is 5.73 Å². The molecule has 1 fully saturated rings. The van der Waals surface area contributed by atoms with E-state index in [0.717, 1.165) is 40.6 Å². The highest BCUT2D eigenvalue weighted by Crippen LogP contribution is 2.20. The van der Waals surface area contributed by atoms with Gasteiger partial charge in [0.2, 0.25) is 0 Å². The molecule has 0 aliphatic carbocycles. The van der Waals surface area contributed by atoms with E-state index < -0.39 is 0 Å². The monoisotopic (exact) mass is 380 g/mol. The van der Waals surface area contributed by atoms with Gasteiger partial charge < -0.3 is 10.6 Å². The number of rotatable bonds is 1. The van der Waals surface area contributed by atoms with Gasteiger partial charge in [0, 0.05) is 22.7 Å². The molecular weight excluding hydrogens is 363 g/mol. The summed E-state index contributed by atoms with van der Waals surface area (Å²) < 4.78 is 1.06. The second kappa shape index (κ2) is 6.73. The van der Waals surface area contributed by atoms with E-state index >= 15 is 0 Å². The van der Waals surface area contributed by atoms with Gasteiger partial charge in [-0.3, -0.25) is 4.79 Å². The third kappa shape index (κ3) is 3.36. The number of carbonyl (C=O) groups excluding carboxylic acids is 1. The Morgan fingerprint density at radius 3 is 2.61 bits per heavy atom. The molecule has 0 atom stereocenters. The molecule has 0 saturated carbocycles. The Balaban J connectivity index is 0.00000162. The van der Waals surface area contributed by atoms with Crippen LogP contribution >= 0.6 is 35.0 Å². The maximum atomic E-state index is 12.4. The topological polar surface area (TPSA) is 46.3 Å². The summed E-state index contributed by atoms with van der Waals surface area (Å²) in [6.07, 6.45) is 1.82. The van der Waals surface area contributed by atoms with Crippen molar-refractivity contribution in [2.24, 2.45) is 5.73 Å². The first-order chi connectivity index (χ1) is 8.09. The highest BCUT2D eigenvalue weighted by atomic mass is 127. The molecule has 2 rings (SSSR count). The zero-order valence-electron chi connectivity index (χ0n) is 10.4. The van der Waals surface area contributed by atoms with Crippen LogP contribution in [0.15, 0.2) is 18.2 Å². The average molecular weight is 381 g/mol. The van der Waals surface area contributed by atoms with Crippen molar-refractivity contribution in [1.29, 1.82) is 0 Å². The van der Waals surface area contributed by atoms with Crippen LogP contribution in [0.3, 0.4) is 0 Å². The molecule has 1 aliphatic heterocycles. The number of carbonyl (C=O) groups is 1. The van der Waals surface area contributed by atoms with E-state index in [1.807, 2.05) is 30.0 Å². The molecule has 0 aromatic heterocycles. The largest absolute Gasteiger partial charge is 0.338 e. The Kier molecular flexibility index (Phi) is 5.88. The predicted octanol–water partition coefficient (Wildman–Crippen LogP) is 2.58. The third-order valence-electron chi connectivity index (χ3n) is 3.25. The van der Waals surface area contributed by atoms with Crippen LogP contribution in [0, 0.1) is 10.5 Å². The van der Waals surface area contributed by atoms with Crippen molar-refractivity contribution < 1.29 is 4.79 Å². The standard InChI is InChI=1S/C13H17IN2O.ClH/c1-9-3-2-4-11(12(9)14)13(17)16-7-5-10(15)6-8-16;/h2-4,10H,5-8,15H2,1H3;1H. The van der Waals surface area contributed by atoms with E-state index in [0.29, 0.717) is 0 Å². The maximum absolute atomic E-state index is 12.4. The molecule has 1 heterocycles. The number of hydrogen-bond donors (Lipinski definition) is 1. The molecule has 0 spiro atoms. The predicted molar refractivity (Wildman–Crippen MR) is 84.3 cm³/mol. The lowest BCUT2D eigenvalue weighted by Gasteiger charge is -2.30. The van der Waals surface area contributed by atoms with Gasteiger partial charge in [0.05, 0.1) is 5.56 Å². The number of piperidine rings is 1. The van der Waals surface area contributed by atoms with Crippen LogP contribution in [-0.4, -0.2) is 29.9 Å². The Morgan fingerprint density at radius 1 is 1.39 bits per heavy atom. The second-order valence-corrected chi connectivity index (χ2v) is 5.64. The van der Waals surface area contributed by atoms with Crippen molar-refractivity contribution in [2.45, 2.75) is 25.8 Å². The van der Waals surface area contributed by atoms with Crippen molar-refractivity contribution in [3.05, 3.63) is 32.9 Å². The van der Waals surface area contributed by atoms with Crippen molar-refractivity contribution in [2.75, 3.05) is 13.1 Å². The number of likely N-dealkylation sites (tertiary alicyclic amines) is 1. The van der Waals surface area contributed by atoms with E-state index in [1.54, 1.807) is 0 Å². The second-order valence-electron chi connectivity index (χ2n) is 4.57.